The van der Waals surface area contributed by atoms with Crippen LogP contribution in [0.25, 0.3) is 0 Å². The van der Waals surface area contributed by atoms with E-state index in [4.69, 9.17) is 14.2 Å². The van der Waals surface area contributed by atoms with E-state index in [9.17, 15) is 14.4 Å². The lowest BCUT2D eigenvalue weighted by molar-refractivity contribution is -0.167. The average molecular weight is 855 g/mol. The summed E-state index contributed by atoms with van der Waals surface area (Å²) in [5.41, 5.74) is 0. The summed E-state index contributed by atoms with van der Waals surface area (Å²) in [5.74, 6) is -0.910. The Kier molecular flexibility index (Phi) is 47.9. The van der Waals surface area contributed by atoms with Gasteiger partial charge >= 0.3 is 17.9 Å². The van der Waals surface area contributed by atoms with E-state index in [1.165, 1.54) is 141 Å². The van der Waals surface area contributed by atoms with Gasteiger partial charge in [-0.3, -0.25) is 14.4 Å². The predicted octanol–water partition coefficient (Wildman–Crippen LogP) is 17.1. The molecule has 6 heteroatoms. The molecule has 0 heterocycles. The van der Waals surface area contributed by atoms with Crippen molar-refractivity contribution >= 4 is 17.9 Å². The maximum atomic E-state index is 12.8. The van der Waals surface area contributed by atoms with Gasteiger partial charge in [0.2, 0.25) is 0 Å². The van der Waals surface area contributed by atoms with Gasteiger partial charge in [0.05, 0.1) is 0 Å². The lowest BCUT2D eigenvalue weighted by Crippen LogP contribution is -2.30. The van der Waals surface area contributed by atoms with E-state index in [2.05, 4.69) is 69.4 Å². The third kappa shape index (κ3) is 48.3. The van der Waals surface area contributed by atoms with Crippen LogP contribution in [-0.2, 0) is 28.6 Å². The summed E-state index contributed by atoms with van der Waals surface area (Å²) >= 11 is 0. The Labute approximate surface area is 378 Å². The number of carbonyl (C=O) groups excluding carboxylic acids is 3. The molecule has 0 saturated heterocycles. The molecule has 0 rings (SSSR count). The van der Waals surface area contributed by atoms with Crippen molar-refractivity contribution in [3.63, 3.8) is 0 Å². The zero-order chi connectivity index (χ0) is 44.4. The first-order valence-electron chi connectivity index (χ1n) is 26.1. The maximum absolute atomic E-state index is 12.8. The quantitative estimate of drug-likeness (QED) is 0.0263. The normalized spacial score (nSPS) is 12.4. The van der Waals surface area contributed by atoms with Crippen molar-refractivity contribution in [2.24, 2.45) is 0 Å². The average Bonchev–Trinajstić information content (AvgIpc) is 3.26. The first-order chi connectivity index (χ1) is 30.0. The predicted molar refractivity (Wildman–Crippen MR) is 261 cm³/mol. The minimum absolute atomic E-state index is 0.0840. The highest BCUT2D eigenvalue weighted by Crippen LogP contribution is 2.15. The van der Waals surface area contributed by atoms with Crippen LogP contribution >= 0.6 is 0 Å². The standard InChI is InChI=1S/C55H98O6/c1-4-7-10-13-16-19-22-25-26-27-28-31-33-36-39-42-45-48-54(57)60-51-52(61-55(58)49-46-43-40-37-34-30-24-21-18-15-12-9-6-3)50-59-53(56)47-44-41-38-35-32-29-23-20-17-14-11-8-5-2/h9,12,18,21,25-26,30,34,52H,4-8,10-11,13-17,19-20,22-24,27-29,31-33,35-51H2,1-3H3/b12-9-,21-18-,26-25-,34-30-. The highest BCUT2D eigenvalue weighted by atomic mass is 16.6. The van der Waals surface area contributed by atoms with Crippen LogP contribution in [-0.4, -0.2) is 37.2 Å². The second-order valence-corrected chi connectivity index (χ2v) is 17.4. The second-order valence-electron chi connectivity index (χ2n) is 17.4. The van der Waals surface area contributed by atoms with Crippen LogP contribution in [0.4, 0.5) is 0 Å². The van der Waals surface area contributed by atoms with E-state index in [1.807, 2.05) is 0 Å². The number of hydrogen-bond donors (Lipinski definition) is 0. The SMILES string of the molecule is CC/C=C\C/C=C\C/C=C\CCCCCC(=O)OC(COC(=O)CCCCCCCCC/C=C\CCCCCCCC)COC(=O)CCCCCCCCCCCCCCC. The molecule has 0 aromatic rings. The summed E-state index contributed by atoms with van der Waals surface area (Å²) in [4.78, 5) is 37.9. The fraction of sp³-hybridized carbons (Fsp3) is 0.800. The monoisotopic (exact) mass is 855 g/mol. The third-order valence-electron chi connectivity index (χ3n) is 11.3. The van der Waals surface area contributed by atoms with Crippen molar-refractivity contribution in [2.75, 3.05) is 13.2 Å². The van der Waals surface area contributed by atoms with Gasteiger partial charge in [-0.1, -0.05) is 217 Å². The van der Waals surface area contributed by atoms with E-state index in [1.54, 1.807) is 0 Å². The highest BCUT2D eigenvalue weighted by molar-refractivity contribution is 5.71. The fourth-order valence-corrected chi connectivity index (χ4v) is 7.39. The molecule has 0 radical (unpaired) electrons. The Morgan fingerprint density at radius 1 is 0.344 bits per heavy atom. The van der Waals surface area contributed by atoms with Crippen molar-refractivity contribution in [1.82, 2.24) is 0 Å². The Bertz CT molecular complexity index is 1070. The first kappa shape index (κ1) is 58.4. The number of hydrogen-bond acceptors (Lipinski definition) is 6. The zero-order valence-electron chi connectivity index (χ0n) is 40.4. The number of rotatable bonds is 47. The molecule has 0 aromatic carbocycles. The molecular weight excluding hydrogens is 757 g/mol. The van der Waals surface area contributed by atoms with Gasteiger partial charge in [0.25, 0.3) is 0 Å². The van der Waals surface area contributed by atoms with Crippen molar-refractivity contribution in [1.29, 1.82) is 0 Å². The Morgan fingerprint density at radius 3 is 1.03 bits per heavy atom. The van der Waals surface area contributed by atoms with Crippen LogP contribution in [0.2, 0.25) is 0 Å². The molecule has 0 aromatic heterocycles. The lowest BCUT2D eigenvalue weighted by Gasteiger charge is -2.18. The van der Waals surface area contributed by atoms with Gasteiger partial charge in [-0.25, -0.2) is 0 Å². The van der Waals surface area contributed by atoms with Gasteiger partial charge in [-0.2, -0.15) is 0 Å². The van der Waals surface area contributed by atoms with Gasteiger partial charge in [0, 0.05) is 19.3 Å². The molecular formula is C55H98O6. The minimum atomic E-state index is -0.786. The summed E-state index contributed by atoms with van der Waals surface area (Å²) < 4.78 is 16.8. The summed E-state index contributed by atoms with van der Waals surface area (Å²) in [6.07, 6.45) is 59.5. The molecule has 6 nitrogen and oxygen atoms in total. The summed E-state index contributed by atoms with van der Waals surface area (Å²) in [6, 6.07) is 0. The Morgan fingerprint density at radius 2 is 0.639 bits per heavy atom. The largest absolute Gasteiger partial charge is 0.462 e. The van der Waals surface area contributed by atoms with Crippen molar-refractivity contribution in [3.8, 4) is 0 Å². The highest BCUT2D eigenvalue weighted by Gasteiger charge is 2.19. The van der Waals surface area contributed by atoms with Gasteiger partial charge in [-0.15, -0.1) is 0 Å². The van der Waals surface area contributed by atoms with Crippen molar-refractivity contribution in [3.05, 3.63) is 48.6 Å². The van der Waals surface area contributed by atoms with Gasteiger partial charge in [0.15, 0.2) is 6.10 Å². The number of allylic oxidation sites excluding steroid dienone is 8. The molecule has 1 atom stereocenters. The number of esters is 3. The maximum Gasteiger partial charge on any atom is 0.306 e. The van der Waals surface area contributed by atoms with Gasteiger partial charge in [0.1, 0.15) is 13.2 Å². The molecule has 0 fully saturated rings. The number of carbonyl (C=O) groups is 3. The number of unbranched alkanes of at least 4 members (excludes halogenated alkanes) is 28. The van der Waals surface area contributed by atoms with E-state index >= 15 is 0 Å². The Balaban J connectivity index is 4.38. The molecule has 0 spiro atoms. The topological polar surface area (TPSA) is 78.9 Å². The molecule has 0 aliphatic heterocycles. The van der Waals surface area contributed by atoms with Crippen molar-refractivity contribution in [2.45, 2.75) is 271 Å². The first-order valence-corrected chi connectivity index (χ1v) is 26.1. The molecule has 0 saturated carbocycles. The summed E-state index contributed by atoms with van der Waals surface area (Å²) in [7, 11) is 0. The van der Waals surface area contributed by atoms with Gasteiger partial charge in [-0.05, 0) is 77.0 Å². The molecule has 354 valence electrons. The molecule has 0 aliphatic carbocycles. The second kappa shape index (κ2) is 50.0. The van der Waals surface area contributed by atoms with Crippen LogP contribution in [0.15, 0.2) is 48.6 Å². The van der Waals surface area contributed by atoms with E-state index in [0.717, 1.165) is 83.5 Å². The van der Waals surface area contributed by atoms with E-state index < -0.39 is 6.10 Å². The molecule has 0 aliphatic rings. The molecule has 0 N–H and O–H groups in total. The minimum Gasteiger partial charge on any atom is -0.462 e. The van der Waals surface area contributed by atoms with Crippen LogP contribution in [0.3, 0.4) is 0 Å². The van der Waals surface area contributed by atoms with Crippen LogP contribution in [0.5, 0.6) is 0 Å². The van der Waals surface area contributed by atoms with Crippen LogP contribution < -0.4 is 0 Å². The molecule has 1 unspecified atom stereocenters. The summed E-state index contributed by atoms with van der Waals surface area (Å²) in [5, 5.41) is 0. The molecule has 0 bridgehead atoms. The molecule has 0 amide bonds. The molecule has 61 heavy (non-hydrogen) atoms. The van der Waals surface area contributed by atoms with Crippen LogP contribution in [0.1, 0.15) is 265 Å². The van der Waals surface area contributed by atoms with E-state index in [0.29, 0.717) is 19.3 Å². The number of ether oxygens (including phenoxy) is 3. The van der Waals surface area contributed by atoms with Gasteiger partial charge < -0.3 is 14.2 Å². The zero-order valence-corrected chi connectivity index (χ0v) is 40.4. The van der Waals surface area contributed by atoms with Crippen molar-refractivity contribution < 1.29 is 28.6 Å². The lowest BCUT2D eigenvalue weighted by atomic mass is 10.0. The third-order valence-corrected chi connectivity index (χ3v) is 11.3. The van der Waals surface area contributed by atoms with Crippen LogP contribution in [0, 0.1) is 0 Å². The van der Waals surface area contributed by atoms with E-state index in [-0.39, 0.29) is 31.1 Å². The Hall–Kier alpha value is -2.63. The smallest absolute Gasteiger partial charge is 0.306 e. The summed E-state index contributed by atoms with van der Waals surface area (Å²) in [6.45, 7) is 6.51. The fourth-order valence-electron chi connectivity index (χ4n) is 7.39.